The van der Waals surface area contributed by atoms with Gasteiger partial charge in [-0.25, -0.2) is 4.79 Å². The molecule has 0 aromatic heterocycles. The first-order chi connectivity index (χ1) is 8.73. The first-order valence-corrected chi connectivity index (χ1v) is 5.90. The van der Waals surface area contributed by atoms with Crippen LogP contribution in [-0.4, -0.2) is 47.7 Å². The minimum Gasteiger partial charge on any atom is -0.402 e. The predicted octanol–water partition coefficient (Wildman–Crippen LogP) is 1.48. The molecule has 1 unspecified atom stereocenters. The predicted molar refractivity (Wildman–Crippen MR) is 73.3 cm³/mol. The number of benzene rings is 1. The zero-order valence-electron chi connectivity index (χ0n) is 10.9. The van der Waals surface area contributed by atoms with Crippen LogP contribution in [0.25, 0.3) is 0 Å². The van der Waals surface area contributed by atoms with E-state index in [4.69, 9.17) is 17.0 Å². The summed E-state index contributed by atoms with van der Waals surface area (Å²) < 4.78 is 4.86. The Morgan fingerprint density at radius 3 is 2.26 bits per heavy atom. The molecule has 0 aliphatic carbocycles. The Labute approximate surface area is 116 Å². The molecule has 6 nitrogen and oxygen atoms in total. The Morgan fingerprint density at radius 1 is 1.32 bits per heavy atom. The number of likely N-dealkylation sites (N-methyl/N-ethyl adjacent to an activating group) is 1. The number of hydrogen-bond acceptors (Lipinski definition) is 5. The molecular weight excluding hydrogens is 268 g/mol. The topological polar surface area (TPSA) is 69.4 Å². The number of carbonyl (C=O) groups excluding carboxylic acids is 1. The summed E-state index contributed by atoms with van der Waals surface area (Å²) in [6.45, 7) is 0. The molecule has 0 N–H and O–H groups in total. The summed E-state index contributed by atoms with van der Waals surface area (Å²) in [5.74, 6) is -0.689. The molecule has 0 radical (unpaired) electrons. The molecule has 0 aliphatic rings. The lowest BCUT2D eigenvalue weighted by atomic mass is 10.2. The van der Waals surface area contributed by atoms with E-state index in [2.05, 4.69) is 0 Å². The largest absolute Gasteiger partial charge is 0.404 e. The average Bonchev–Trinajstić information content (AvgIpc) is 2.27. The summed E-state index contributed by atoms with van der Waals surface area (Å²) in [6, 6.07) is 8.20. The van der Waals surface area contributed by atoms with Crippen LogP contribution in [0.4, 0.5) is 0 Å². The van der Waals surface area contributed by atoms with Gasteiger partial charge in [0.15, 0.2) is 0 Å². The van der Waals surface area contributed by atoms with E-state index >= 15 is 0 Å². The van der Waals surface area contributed by atoms with Crippen LogP contribution in [-0.2, 0) is 4.74 Å². The molecule has 1 aromatic rings. The van der Waals surface area contributed by atoms with E-state index in [1.165, 1.54) is 0 Å². The Balaban J connectivity index is 2.84. The molecular formula is C12H15N2O4S+. The SMILES string of the molecule is C[N+](C)(C)C(C(=S)OC(=O)c1ccccc1)[N+](=O)[O-]. The van der Waals surface area contributed by atoms with E-state index in [1.807, 2.05) is 0 Å². The van der Waals surface area contributed by atoms with Crippen molar-refractivity contribution in [3.05, 3.63) is 46.0 Å². The third-order valence-corrected chi connectivity index (χ3v) is 2.64. The summed E-state index contributed by atoms with van der Waals surface area (Å²) in [6.07, 6.45) is -1.28. The fourth-order valence-corrected chi connectivity index (χ4v) is 1.94. The lowest BCUT2D eigenvalue weighted by Gasteiger charge is -2.26. The lowest BCUT2D eigenvalue weighted by Crippen LogP contribution is -2.54. The van der Waals surface area contributed by atoms with Gasteiger partial charge in [0.1, 0.15) is 0 Å². The maximum atomic E-state index is 11.8. The van der Waals surface area contributed by atoms with Gasteiger partial charge in [-0.05, 0) is 24.4 Å². The summed E-state index contributed by atoms with van der Waals surface area (Å²) in [4.78, 5) is 22.2. The van der Waals surface area contributed by atoms with E-state index in [0.29, 0.717) is 5.56 Å². The highest BCUT2D eigenvalue weighted by molar-refractivity contribution is 7.80. The van der Waals surface area contributed by atoms with Gasteiger partial charge in [-0.1, -0.05) is 18.2 Å². The molecule has 1 aromatic carbocycles. The number of rotatable bonds is 4. The van der Waals surface area contributed by atoms with Crippen LogP contribution in [0.1, 0.15) is 10.4 Å². The summed E-state index contributed by atoms with van der Waals surface area (Å²) in [7, 11) is 4.82. The molecule has 0 aliphatic heterocycles. The number of hydrogen-bond donors (Lipinski definition) is 0. The first kappa shape index (κ1) is 15.2. The maximum Gasteiger partial charge on any atom is 0.404 e. The quantitative estimate of drug-likeness (QED) is 0.209. The molecule has 7 heteroatoms. The van der Waals surface area contributed by atoms with Crippen molar-refractivity contribution < 1.29 is 18.9 Å². The normalized spacial score (nSPS) is 12.6. The van der Waals surface area contributed by atoms with Crippen LogP contribution in [0.3, 0.4) is 0 Å². The molecule has 0 amide bonds. The van der Waals surface area contributed by atoms with E-state index in [-0.39, 0.29) is 9.53 Å². The van der Waals surface area contributed by atoms with E-state index in [1.54, 1.807) is 51.5 Å². The maximum absolute atomic E-state index is 11.8. The minimum atomic E-state index is -1.28. The lowest BCUT2D eigenvalue weighted by molar-refractivity contribution is -0.966. The summed E-state index contributed by atoms with van der Waals surface area (Å²) >= 11 is 4.88. The number of carbonyl (C=O) groups is 1. The van der Waals surface area contributed by atoms with Crippen molar-refractivity contribution >= 4 is 23.2 Å². The summed E-state index contributed by atoms with van der Waals surface area (Å²) in [5, 5.41) is 10.7. The smallest absolute Gasteiger partial charge is 0.402 e. The van der Waals surface area contributed by atoms with Crippen LogP contribution in [0.15, 0.2) is 30.3 Å². The second kappa shape index (κ2) is 5.85. The minimum absolute atomic E-state index is 0.0616. The van der Waals surface area contributed by atoms with Gasteiger partial charge < -0.3 is 4.74 Å². The summed E-state index contributed by atoms with van der Waals surface area (Å²) in [5.41, 5.74) is 0.299. The van der Waals surface area contributed by atoms with Crippen molar-refractivity contribution in [1.29, 1.82) is 0 Å². The molecule has 1 atom stereocenters. The third kappa shape index (κ3) is 4.08. The molecule has 0 fully saturated rings. The highest BCUT2D eigenvalue weighted by atomic mass is 32.1. The van der Waals surface area contributed by atoms with Crippen LogP contribution in [0.5, 0.6) is 0 Å². The van der Waals surface area contributed by atoms with E-state index < -0.39 is 17.1 Å². The number of nitro groups is 1. The molecule has 0 saturated carbocycles. The van der Waals surface area contributed by atoms with Crippen molar-refractivity contribution in [1.82, 2.24) is 0 Å². The van der Waals surface area contributed by atoms with Crippen LogP contribution >= 0.6 is 12.2 Å². The number of ether oxygens (including phenoxy) is 1. The van der Waals surface area contributed by atoms with Gasteiger partial charge in [0.25, 0.3) is 0 Å². The molecule has 0 bridgehead atoms. The molecule has 1 rings (SSSR count). The molecule has 0 heterocycles. The van der Waals surface area contributed by atoms with E-state index in [9.17, 15) is 14.9 Å². The monoisotopic (exact) mass is 283 g/mol. The van der Waals surface area contributed by atoms with Gasteiger partial charge in [0.05, 0.1) is 31.6 Å². The number of quaternary nitrogens is 1. The van der Waals surface area contributed by atoms with Gasteiger partial charge in [-0.3, -0.25) is 14.6 Å². The number of esters is 1. The second-order valence-electron chi connectivity index (χ2n) is 4.85. The Bertz CT molecular complexity index is 496. The van der Waals surface area contributed by atoms with Gasteiger partial charge in [0, 0.05) is 0 Å². The molecule has 0 saturated heterocycles. The highest BCUT2D eigenvalue weighted by Crippen LogP contribution is 2.10. The zero-order chi connectivity index (χ0) is 14.6. The van der Waals surface area contributed by atoms with Gasteiger partial charge in [-0.2, -0.15) is 0 Å². The zero-order valence-corrected chi connectivity index (χ0v) is 11.7. The number of thiocarbonyl (C=S) groups is 1. The van der Waals surface area contributed by atoms with Crippen LogP contribution < -0.4 is 0 Å². The Morgan fingerprint density at radius 2 is 1.84 bits per heavy atom. The molecule has 0 spiro atoms. The van der Waals surface area contributed by atoms with Gasteiger partial charge >= 0.3 is 17.2 Å². The fourth-order valence-electron chi connectivity index (χ4n) is 1.46. The molecule has 102 valence electrons. The second-order valence-corrected chi connectivity index (χ2v) is 5.25. The van der Waals surface area contributed by atoms with Crippen molar-refractivity contribution in [3.8, 4) is 0 Å². The van der Waals surface area contributed by atoms with Crippen molar-refractivity contribution in [3.63, 3.8) is 0 Å². The van der Waals surface area contributed by atoms with Crippen LogP contribution in [0, 0.1) is 10.1 Å². The fraction of sp³-hybridized carbons (Fsp3) is 0.333. The van der Waals surface area contributed by atoms with Gasteiger partial charge in [-0.15, -0.1) is 0 Å². The average molecular weight is 283 g/mol. The molecule has 19 heavy (non-hydrogen) atoms. The standard InChI is InChI=1S/C12H15N2O4S/c1-14(2,3)10(13(16)17)12(19)18-11(15)9-7-5-4-6-8-9/h4-8,10H,1-3H3/q+1. The Kier molecular flexibility index (Phi) is 4.68. The van der Waals surface area contributed by atoms with Crippen molar-refractivity contribution in [2.45, 2.75) is 6.17 Å². The van der Waals surface area contributed by atoms with Crippen molar-refractivity contribution in [2.24, 2.45) is 0 Å². The highest BCUT2D eigenvalue weighted by Gasteiger charge is 2.41. The first-order valence-electron chi connectivity index (χ1n) is 5.49. The number of nitrogens with zero attached hydrogens (tertiary/aromatic N) is 2. The van der Waals surface area contributed by atoms with Crippen molar-refractivity contribution in [2.75, 3.05) is 21.1 Å². The van der Waals surface area contributed by atoms with Crippen LogP contribution in [0.2, 0.25) is 0 Å². The van der Waals surface area contributed by atoms with Gasteiger partial charge in [0.2, 0.25) is 0 Å². The Hall–Kier alpha value is -1.86. The van der Waals surface area contributed by atoms with E-state index in [0.717, 1.165) is 0 Å². The third-order valence-electron chi connectivity index (χ3n) is 2.35.